The van der Waals surface area contributed by atoms with E-state index >= 15 is 0 Å². The summed E-state index contributed by atoms with van der Waals surface area (Å²) < 4.78 is 8.42. The molecule has 184 valence electrons. The van der Waals surface area contributed by atoms with Crippen molar-refractivity contribution in [2.45, 2.75) is 44.6 Å². The number of aromatic nitrogens is 1. The van der Waals surface area contributed by atoms with Crippen molar-refractivity contribution in [1.29, 1.82) is 0 Å². The molecule has 0 spiro atoms. The maximum absolute atomic E-state index is 6.75. The number of hydrogen-bond acceptors (Lipinski definition) is 4. The molecule has 0 unspecified atom stereocenters. The Hall–Kier alpha value is -3.38. The normalized spacial score (nSPS) is 19.1. The van der Waals surface area contributed by atoms with E-state index in [1.54, 1.807) is 7.11 Å². The van der Waals surface area contributed by atoms with Gasteiger partial charge in [-0.25, -0.2) is 0 Å². The maximum Gasteiger partial charge on any atom is 0.107 e. The third-order valence-corrected chi connectivity index (χ3v) is 7.25. The highest BCUT2D eigenvalue weighted by Gasteiger charge is 2.43. The van der Waals surface area contributed by atoms with Crippen LogP contribution in [0, 0.1) is 0 Å². The van der Waals surface area contributed by atoms with Crippen LogP contribution in [0.5, 0.6) is 0 Å². The highest BCUT2D eigenvalue weighted by Crippen LogP contribution is 2.50. The van der Waals surface area contributed by atoms with E-state index in [4.69, 9.17) is 14.4 Å². The monoisotopic (exact) mass is 480 g/mol. The highest BCUT2D eigenvalue weighted by atomic mass is 16.7. The summed E-state index contributed by atoms with van der Waals surface area (Å²) in [5.74, 6) is 0. The molecule has 2 heterocycles. The van der Waals surface area contributed by atoms with Crippen LogP contribution >= 0.6 is 0 Å². The molecule has 3 aromatic carbocycles. The fraction of sp³-hybridized carbons (Fsp3) is 0.290. The zero-order chi connectivity index (χ0) is 24.3. The van der Waals surface area contributed by atoms with E-state index in [1.807, 2.05) is 10.8 Å². The van der Waals surface area contributed by atoms with Gasteiger partial charge in [-0.2, -0.15) is 9.79 Å². The van der Waals surface area contributed by atoms with Gasteiger partial charge in [0, 0.05) is 23.2 Å². The Morgan fingerprint density at radius 1 is 0.833 bits per heavy atom. The van der Waals surface area contributed by atoms with Gasteiger partial charge < -0.3 is 9.57 Å². The summed E-state index contributed by atoms with van der Waals surface area (Å²) >= 11 is 0. The summed E-state index contributed by atoms with van der Waals surface area (Å²) in [6.45, 7) is 1.78. The van der Waals surface area contributed by atoms with E-state index in [0.717, 1.165) is 30.5 Å². The number of ether oxygens (including phenoxy) is 1. The molecule has 0 radical (unpaired) electrons. The molecule has 2 atom stereocenters. The first-order valence-electron chi connectivity index (χ1n) is 12.8. The lowest BCUT2D eigenvalue weighted by Crippen LogP contribution is -2.38. The lowest BCUT2D eigenvalue weighted by atomic mass is 9.87. The Labute approximate surface area is 212 Å². The molecule has 6 rings (SSSR count). The van der Waals surface area contributed by atoms with Gasteiger partial charge in [0.2, 0.25) is 0 Å². The molecule has 5 nitrogen and oxygen atoms in total. The summed E-state index contributed by atoms with van der Waals surface area (Å²) in [5, 5.41) is 2.15. The minimum absolute atomic E-state index is 0.0247. The zero-order valence-corrected chi connectivity index (χ0v) is 20.7. The van der Waals surface area contributed by atoms with Gasteiger partial charge in [-0.3, -0.25) is 4.84 Å². The van der Waals surface area contributed by atoms with E-state index in [1.165, 1.54) is 27.9 Å². The SMILES string of the molecule is COn1c2c3c(c1-c1ccccc1)[C@@H](COCc1ccccc1)N(Cc1ccccc1)O[C@H]3CCC2. The second-order valence-electron chi connectivity index (χ2n) is 9.53. The first-order chi connectivity index (χ1) is 17.8. The van der Waals surface area contributed by atoms with Crippen LogP contribution in [0.3, 0.4) is 0 Å². The standard InChI is InChI=1S/C31H32N2O3/c1-34-33-26-18-11-19-28-29(26)30(31(33)25-16-9-4-10-17-25)27(22-35-21-24-14-7-3-8-15-24)32(36-28)20-23-12-5-2-6-13-23/h2-10,12-17,27-28H,11,18-22H2,1H3/t27-,28+/m1/s1. The number of hydroxylamine groups is 2. The van der Waals surface area contributed by atoms with Crippen molar-refractivity contribution in [2.24, 2.45) is 0 Å². The Balaban J connectivity index is 1.44. The smallest absolute Gasteiger partial charge is 0.107 e. The zero-order valence-electron chi connectivity index (χ0n) is 20.7. The molecule has 0 saturated carbocycles. The molecule has 0 fully saturated rings. The van der Waals surface area contributed by atoms with Gasteiger partial charge in [-0.1, -0.05) is 91.0 Å². The number of benzene rings is 3. The van der Waals surface area contributed by atoms with Crippen molar-refractivity contribution >= 4 is 0 Å². The first kappa shape index (κ1) is 23.0. The van der Waals surface area contributed by atoms with Crippen LogP contribution < -0.4 is 4.84 Å². The van der Waals surface area contributed by atoms with Gasteiger partial charge in [0.25, 0.3) is 0 Å². The van der Waals surface area contributed by atoms with Crippen LogP contribution in [0.25, 0.3) is 11.3 Å². The third-order valence-electron chi connectivity index (χ3n) is 7.25. The molecular weight excluding hydrogens is 448 g/mol. The van der Waals surface area contributed by atoms with Crippen molar-refractivity contribution in [3.05, 3.63) is 119 Å². The van der Waals surface area contributed by atoms with E-state index < -0.39 is 0 Å². The first-order valence-corrected chi connectivity index (χ1v) is 12.8. The molecule has 36 heavy (non-hydrogen) atoms. The average molecular weight is 481 g/mol. The van der Waals surface area contributed by atoms with Gasteiger partial charge >= 0.3 is 0 Å². The lowest BCUT2D eigenvalue weighted by Gasteiger charge is -2.41. The Bertz CT molecular complexity index is 1290. The largest absolute Gasteiger partial charge is 0.417 e. The molecule has 0 bridgehead atoms. The number of rotatable bonds is 8. The van der Waals surface area contributed by atoms with Crippen LogP contribution in [0.15, 0.2) is 91.0 Å². The van der Waals surface area contributed by atoms with Gasteiger partial charge in [0.15, 0.2) is 0 Å². The number of nitrogens with zero attached hydrogens (tertiary/aromatic N) is 2. The van der Waals surface area contributed by atoms with Crippen molar-refractivity contribution in [3.8, 4) is 11.3 Å². The van der Waals surface area contributed by atoms with Crippen LogP contribution in [0.1, 0.15) is 52.9 Å². The molecule has 1 aliphatic carbocycles. The van der Waals surface area contributed by atoms with Crippen molar-refractivity contribution < 1.29 is 14.4 Å². The fourth-order valence-corrected chi connectivity index (χ4v) is 5.67. The molecule has 0 saturated heterocycles. The summed E-state index contributed by atoms with van der Waals surface area (Å²) in [7, 11) is 1.77. The molecule has 4 aromatic rings. The topological polar surface area (TPSA) is 35.9 Å². The second kappa shape index (κ2) is 10.3. The molecule has 5 heteroatoms. The van der Waals surface area contributed by atoms with Gasteiger partial charge in [-0.15, -0.1) is 0 Å². The summed E-state index contributed by atoms with van der Waals surface area (Å²) in [4.78, 5) is 12.8. The summed E-state index contributed by atoms with van der Waals surface area (Å²) in [6.07, 6.45) is 3.09. The molecule has 0 N–H and O–H groups in total. The molecular formula is C31H32N2O3. The van der Waals surface area contributed by atoms with E-state index in [9.17, 15) is 0 Å². The van der Waals surface area contributed by atoms with Gasteiger partial charge in [-0.05, 0) is 30.4 Å². The predicted molar refractivity (Wildman–Crippen MR) is 140 cm³/mol. The third kappa shape index (κ3) is 4.35. The molecule has 2 aliphatic rings. The fourth-order valence-electron chi connectivity index (χ4n) is 5.67. The minimum atomic E-state index is -0.0661. The Morgan fingerprint density at radius 3 is 2.19 bits per heavy atom. The van der Waals surface area contributed by atoms with Crippen LogP contribution in [-0.2, 0) is 29.1 Å². The maximum atomic E-state index is 6.75. The van der Waals surface area contributed by atoms with Crippen LogP contribution in [-0.4, -0.2) is 23.5 Å². The van der Waals surface area contributed by atoms with E-state index in [0.29, 0.717) is 19.8 Å². The predicted octanol–water partition coefficient (Wildman–Crippen LogP) is 6.30. The van der Waals surface area contributed by atoms with Crippen LogP contribution in [0.4, 0.5) is 0 Å². The Kier molecular flexibility index (Phi) is 6.60. The highest BCUT2D eigenvalue weighted by molar-refractivity contribution is 5.69. The minimum Gasteiger partial charge on any atom is -0.417 e. The van der Waals surface area contributed by atoms with Gasteiger partial charge in [0.05, 0.1) is 30.6 Å². The van der Waals surface area contributed by atoms with Gasteiger partial charge in [0.1, 0.15) is 13.2 Å². The molecule has 1 aliphatic heterocycles. The quantitative estimate of drug-likeness (QED) is 0.297. The average Bonchev–Trinajstić information content (AvgIpc) is 3.27. The summed E-state index contributed by atoms with van der Waals surface area (Å²) in [6, 6.07) is 31.4. The second-order valence-corrected chi connectivity index (χ2v) is 9.53. The van der Waals surface area contributed by atoms with Crippen molar-refractivity contribution in [3.63, 3.8) is 0 Å². The van der Waals surface area contributed by atoms with E-state index in [2.05, 4.69) is 90.0 Å². The molecule has 1 aromatic heterocycles. The van der Waals surface area contributed by atoms with Crippen LogP contribution in [0.2, 0.25) is 0 Å². The Morgan fingerprint density at radius 2 is 1.50 bits per heavy atom. The number of hydrogen-bond donors (Lipinski definition) is 0. The van der Waals surface area contributed by atoms with Crippen molar-refractivity contribution in [2.75, 3.05) is 13.7 Å². The lowest BCUT2D eigenvalue weighted by molar-refractivity contribution is -0.255. The molecule has 0 amide bonds. The van der Waals surface area contributed by atoms with Crippen molar-refractivity contribution in [1.82, 2.24) is 9.79 Å². The van der Waals surface area contributed by atoms with E-state index in [-0.39, 0.29) is 12.1 Å². The summed E-state index contributed by atoms with van der Waals surface area (Å²) in [5.41, 5.74) is 8.45.